The highest BCUT2D eigenvalue weighted by Gasteiger charge is 2.62. The summed E-state index contributed by atoms with van der Waals surface area (Å²) in [5.74, 6) is 3.01. The zero-order valence-corrected chi connectivity index (χ0v) is 63.1. The summed E-state index contributed by atoms with van der Waals surface area (Å²) in [7, 11) is 0. The van der Waals surface area contributed by atoms with Gasteiger partial charge in [-0.05, 0) is 276 Å². The first-order valence-corrected chi connectivity index (χ1v) is 38.7. The molecule has 502 valence electrons. The lowest BCUT2D eigenvalue weighted by atomic mass is 9.36. The Labute approximate surface area is 596 Å². The van der Waals surface area contributed by atoms with E-state index in [0.717, 1.165) is 35.3 Å². The Morgan fingerprint density at radius 1 is 0.414 bits per heavy atom. The fourth-order valence-electron chi connectivity index (χ4n) is 21.2. The number of hydrogen-bond donors (Lipinski definition) is 0. The van der Waals surface area contributed by atoms with Gasteiger partial charge in [-0.15, -0.1) is 11.3 Å². The number of rotatable bonds is 6. The molecule has 0 amide bonds. The van der Waals surface area contributed by atoms with E-state index in [1.807, 2.05) is 0 Å². The molecule has 2 aliphatic heterocycles. The van der Waals surface area contributed by atoms with E-state index in [2.05, 4.69) is 320 Å². The molecule has 4 fully saturated rings. The summed E-state index contributed by atoms with van der Waals surface area (Å²) >= 11 is 2.07. The minimum absolute atomic E-state index is 0.00338. The van der Waals surface area contributed by atoms with Crippen LogP contribution in [-0.4, -0.2) is 6.71 Å². The summed E-state index contributed by atoms with van der Waals surface area (Å²) in [5, 5.41) is 1.37. The van der Waals surface area contributed by atoms with Crippen LogP contribution >= 0.6 is 11.3 Å². The second-order valence-electron chi connectivity index (χ2n) is 37.9. The molecule has 0 unspecified atom stereocenters. The van der Waals surface area contributed by atoms with E-state index in [-0.39, 0.29) is 50.0 Å². The number of fused-ring (bicyclic) bond motifs is 11. The molecule has 19 rings (SSSR count). The molecule has 1 spiro atoms. The molecule has 10 aromatic rings. The van der Waals surface area contributed by atoms with Crippen LogP contribution in [0.1, 0.15) is 226 Å². The third-order valence-corrected chi connectivity index (χ3v) is 28.0. The van der Waals surface area contributed by atoms with Crippen molar-refractivity contribution >= 4 is 95.0 Å². The summed E-state index contributed by atoms with van der Waals surface area (Å²) in [6.07, 6.45) is 11.6. The van der Waals surface area contributed by atoms with Crippen LogP contribution in [0.2, 0.25) is 0 Å². The van der Waals surface area contributed by atoms with E-state index in [1.54, 1.807) is 11.1 Å². The fourth-order valence-corrected chi connectivity index (χ4v) is 22.6. The topological polar surface area (TPSA) is 9.72 Å². The predicted molar refractivity (Wildman–Crippen MR) is 426 cm³/mol. The lowest BCUT2D eigenvalue weighted by molar-refractivity contribution is -0.0399. The molecule has 99 heavy (non-hydrogen) atoms. The van der Waals surface area contributed by atoms with E-state index in [0.29, 0.717) is 11.8 Å². The molecule has 7 aliphatic carbocycles. The molecule has 0 radical (unpaired) electrons. The van der Waals surface area contributed by atoms with Crippen LogP contribution in [-0.2, 0) is 43.3 Å². The van der Waals surface area contributed by atoms with Gasteiger partial charge >= 0.3 is 0 Å². The van der Waals surface area contributed by atoms with E-state index in [4.69, 9.17) is 0 Å². The molecule has 5 heteroatoms. The largest absolute Gasteiger partial charge is 0.311 e. The first kappa shape index (κ1) is 63.6. The highest BCUT2D eigenvalue weighted by molar-refractivity contribution is 7.33. The Balaban J connectivity index is 0.924. The molecule has 4 saturated carbocycles. The molecule has 3 heterocycles. The maximum absolute atomic E-state index is 2.83. The number of benzene rings is 9. The van der Waals surface area contributed by atoms with Gasteiger partial charge in [-0.3, -0.25) is 0 Å². The summed E-state index contributed by atoms with van der Waals surface area (Å²) in [5.41, 5.74) is 32.9. The van der Waals surface area contributed by atoms with Crippen molar-refractivity contribution in [2.24, 2.45) is 23.7 Å². The van der Waals surface area contributed by atoms with Crippen molar-refractivity contribution in [3.05, 3.63) is 226 Å². The Morgan fingerprint density at radius 2 is 0.929 bits per heavy atom. The van der Waals surface area contributed by atoms with Gasteiger partial charge in [0.25, 0.3) is 6.71 Å². The minimum Gasteiger partial charge on any atom is -0.311 e. The van der Waals surface area contributed by atoms with Crippen molar-refractivity contribution in [1.82, 2.24) is 0 Å². The average Bonchev–Trinajstić information content (AvgIpc) is 1.58. The summed E-state index contributed by atoms with van der Waals surface area (Å²) in [6.45, 7) is 41.1. The predicted octanol–water partition coefficient (Wildman–Crippen LogP) is 24.4. The van der Waals surface area contributed by atoms with Crippen LogP contribution in [0.25, 0.3) is 32.3 Å². The zero-order chi connectivity index (χ0) is 68.8. The van der Waals surface area contributed by atoms with Gasteiger partial charge in [0.2, 0.25) is 0 Å². The van der Waals surface area contributed by atoms with Crippen molar-refractivity contribution < 1.29 is 0 Å². The molecule has 9 aliphatic rings. The van der Waals surface area contributed by atoms with Crippen LogP contribution in [0.15, 0.2) is 176 Å². The Morgan fingerprint density at radius 3 is 1.52 bits per heavy atom. The zero-order valence-electron chi connectivity index (χ0n) is 62.2. The number of nitrogens with zero attached hydrogens (tertiary/aromatic N) is 3. The van der Waals surface area contributed by atoms with Gasteiger partial charge in [0.15, 0.2) is 0 Å². The first-order chi connectivity index (χ1) is 46.9. The van der Waals surface area contributed by atoms with Gasteiger partial charge in [-0.1, -0.05) is 215 Å². The van der Waals surface area contributed by atoms with Crippen molar-refractivity contribution in [2.45, 2.75) is 219 Å². The summed E-state index contributed by atoms with van der Waals surface area (Å²) in [4.78, 5) is 8.15. The van der Waals surface area contributed by atoms with Gasteiger partial charge in [0, 0.05) is 65.7 Å². The van der Waals surface area contributed by atoms with Crippen LogP contribution in [0, 0.1) is 23.7 Å². The van der Waals surface area contributed by atoms with E-state index in [9.17, 15) is 0 Å². The van der Waals surface area contributed by atoms with Crippen molar-refractivity contribution in [3.8, 4) is 22.3 Å². The minimum atomic E-state index is -0.199. The van der Waals surface area contributed by atoms with Crippen LogP contribution in [0.4, 0.5) is 51.2 Å². The van der Waals surface area contributed by atoms with Crippen LogP contribution in [0.3, 0.4) is 0 Å². The van der Waals surface area contributed by atoms with Crippen LogP contribution < -0.4 is 30.4 Å². The van der Waals surface area contributed by atoms with Crippen molar-refractivity contribution in [1.29, 1.82) is 0 Å². The molecule has 0 saturated heterocycles. The van der Waals surface area contributed by atoms with Crippen LogP contribution in [0.5, 0.6) is 0 Å². The highest BCUT2D eigenvalue weighted by atomic mass is 32.1. The smallest absolute Gasteiger partial charge is 0.264 e. The standard InChI is InChI=1S/C94H102BN3S/c1-87(2,3)60-28-34-65(35-29-60)96(66-36-30-61(31-37-66)88(4,5)6)68-38-40-77-79(53-68)98(78-24-20-23-73-83(78)69-21-18-19-22-71(69)94(73)63-46-56-45-57(48-63)49-64(94)47-56)81-52-62(89(7,8)9)51-80-84(81)95(77)86-85(70-54-75-76(55-82(70)99-86)93(16,17)44-43-92(75,14)15)97(80)67-32-25-58(26-33-67)59-27-39-72-74(50-59)91(12,13)42-41-90(72,10)11/h18-40,50-57,63-64H,41-49H2,1-17H3. The lowest BCUT2D eigenvalue weighted by Gasteiger charge is -2.61. The first-order valence-electron chi connectivity index (χ1n) is 37.9. The molecule has 0 N–H and O–H groups in total. The average molecular weight is 1320 g/mol. The third kappa shape index (κ3) is 9.45. The van der Waals surface area contributed by atoms with E-state index < -0.39 is 0 Å². The molecule has 0 atom stereocenters. The molecule has 3 nitrogen and oxygen atoms in total. The van der Waals surface area contributed by atoms with Gasteiger partial charge in [-0.25, -0.2) is 0 Å². The third-order valence-electron chi connectivity index (χ3n) is 26.8. The Kier molecular flexibility index (Phi) is 13.6. The van der Waals surface area contributed by atoms with Crippen molar-refractivity contribution in [2.75, 3.05) is 14.7 Å². The Hall–Kier alpha value is -7.60. The summed E-state index contributed by atoms with van der Waals surface area (Å²) in [6, 6.07) is 72.0. The number of anilines is 9. The molecule has 1 aromatic heterocycles. The molecule has 9 aromatic carbocycles. The lowest BCUT2D eigenvalue weighted by Crippen LogP contribution is -2.60. The maximum atomic E-state index is 2.83. The number of thiophene rings is 1. The quantitative estimate of drug-likeness (QED) is 0.154. The van der Waals surface area contributed by atoms with Crippen molar-refractivity contribution in [3.63, 3.8) is 0 Å². The molecular formula is C94H102BN3S. The maximum Gasteiger partial charge on any atom is 0.264 e. The second kappa shape index (κ2) is 21.3. The molecule has 4 bridgehead atoms. The SMILES string of the molecule is CC(C)(C)c1ccc(N(c2ccc(C(C)(C)C)cc2)c2ccc3c(c2)N(c2cccc4c2-c2ccccc2C42C4CC5CC(C4)CC2C5)c2cc(C(C)(C)C)cc4c2B3c2sc3cc5c(cc3c2N4c2ccc(-c3ccc4c(c3)C(C)(C)CCC4(C)C)cc2)C(C)(C)CCC5(C)C)cc1. The van der Waals surface area contributed by atoms with E-state index >= 15 is 0 Å². The monoisotopic (exact) mass is 1320 g/mol. The van der Waals surface area contributed by atoms with Gasteiger partial charge in [0.1, 0.15) is 0 Å². The normalized spacial score (nSPS) is 22.9. The second-order valence-corrected chi connectivity index (χ2v) is 39.0. The Bertz CT molecular complexity index is 4900. The van der Waals surface area contributed by atoms with Gasteiger partial charge in [0.05, 0.1) is 11.4 Å². The van der Waals surface area contributed by atoms with E-state index in [1.165, 1.54) is 172 Å². The summed E-state index contributed by atoms with van der Waals surface area (Å²) < 4.78 is 2.82. The van der Waals surface area contributed by atoms with Gasteiger partial charge in [-0.2, -0.15) is 0 Å². The van der Waals surface area contributed by atoms with Gasteiger partial charge < -0.3 is 14.7 Å². The number of hydrogen-bond acceptors (Lipinski definition) is 4. The highest BCUT2D eigenvalue weighted by Crippen LogP contribution is 2.71. The fraction of sp³-hybridized carbons (Fsp3) is 0.404. The molecular weight excluding hydrogens is 1210 g/mol.